The predicted molar refractivity (Wildman–Crippen MR) is 66.2 cm³/mol. The number of benzene rings is 1. The van der Waals surface area contributed by atoms with Gasteiger partial charge in [0.1, 0.15) is 0 Å². The van der Waals surface area contributed by atoms with Crippen molar-refractivity contribution in [2.75, 3.05) is 25.4 Å². The second-order valence-electron chi connectivity index (χ2n) is 4.90. The Hall–Kier alpha value is -1.06. The molecule has 3 fully saturated rings. The van der Waals surface area contributed by atoms with Gasteiger partial charge in [-0.15, -0.1) is 0 Å². The van der Waals surface area contributed by atoms with Crippen molar-refractivity contribution in [2.24, 2.45) is 0 Å². The first kappa shape index (κ1) is 10.1. The zero-order valence-electron chi connectivity index (χ0n) is 9.52. The molecule has 4 rings (SSSR count). The average molecular weight is 217 g/mol. The lowest BCUT2D eigenvalue weighted by molar-refractivity contribution is 0.189. The number of anilines is 1. The van der Waals surface area contributed by atoms with E-state index >= 15 is 0 Å². The molecule has 1 aromatic carbocycles. The quantitative estimate of drug-likeness (QED) is 0.698. The molecule has 0 spiro atoms. The highest BCUT2D eigenvalue weighted by Gasteiger charge is 2.30. The monoisotopic (exact) mass is 217 g/mol. The zero-order chi connectivity index (χ0) is 11.0. The van der Waals surface area contributed by atoms with Crippen LogP contribution in [0.5, 0.6) is 0 Å². The van der Waals surface area contributed by atoms with Crippen molar-refractivity contribution in [1.29, 1.82) is 0 Å². The van der Waals surface area contributed by atoms with E-state index in [9.17, 15) is 0 Å². The number of fused-ring (bicyclic) bond motifs is 4. The highest BCUT2D eigenvalue weighted by atomic mass is 15.2. The summed E-state index contributed by atoms with van der Waals surface area (Å²) >= 11 is 0. The molecule has 2 bridgehead atoms. The number of hydrogen-bond donors (Lipinski definition) is 2. The van der Waals surface area contributed by atoms with Crippen LogP contribution in [0.2, 0.25) is 0 Å². The predicted octanol–water partition coefficient (Wildman–Crippen LogP) is 1.38. The molecule has 0 saturated carbocycles. The summed E-state index contributed by atoms with van der Waals surface area (Å²) in [7, 11) is 0. The molecule has 0 radical (unpaired) electrons. The normalized spacial score (nSPS) is 33.6. The first-order valence-electron chi connectivity index (χ1n) is 6.16. The number of nitrogens with two attached hydrogens (primary N) is 1. The van der Waals surface area contributed by atoms with Gasteiger partial charge < -0.3 is 11.1 Å². The van der Waals surface area contributed by atoms with Gasteiger partial charge in [0.15, 0.2) is 0 Å². The fraction of sp³-hybridized carbons (Fsp3) is 0.538. The fourth-order valence-corrected chi connectivity index (χ4v) is 2.87. The zero-order valence-corrected chi connectivity index (χ0v) is 9.52. The smallest absolute Gasteiger partial charge is 0.0472 e. The molecule has 1 unspecified atom stereocenters. The highest BCUT2D eigenvalue weighted by molar-refractivity contribution is 5.40. The molecule has 3 heterocycles. The molecular weight excluding hydrogens is 198 g/mol. The molecule has 0 aliphatic carbocycles. The maximum Gasteiger partial charge on any atom is 0.0472 e. The molecule has 86 valence electrons. The lowest BCUT2D eigenvalue weighted by atomic mass is 10.0. The Morgan fingerprint density at radius 2 is 1.81 bits per heavy atom. The van der Waals surface area contributed by atoms with Gasteiger partial charge >= 0.3 is 0 Å². The molecule has 3 nitrogen and oxygen atoms in total. The van der Waals surface area contributed by atoms with Crippen LogP contribution in [0.1, 0.15) is 24.4 Å². The molecule has 16 heavy (non-hydrogen) atoms. The van der Waals surface area contributed by atoms with Crippen LogP contribution < -0.4 is 11.1 Å². The Morgan fingerprint density at radius 3 is 2.50 bits per heavy atom. The van der Waals surface area contributed by atoms with E-state index in [1.165, 1.54) is 31.5 Å². The van der Waals surface area contributed by atoms with E-state index in [4.69, 9.17) is 5.73 Å². The van der Waals surface area contributed by atoms with E-state index in [0.29, 0.717) is 6.04 Å². The van der Waals surface area contributed by atoms with Gasteiger partial charge in [-0.05, 0) is 30.5 Å². The maximum atomic E-state index is 5.73. The van der Waals surface area contributed by atoms with Gasteiger partial charge in [-0.3, -0.25) is 4.90 Å². The number of nitrogen functional groups attached to an aromatic ring is 1. The van der Waals surface area contributed by atoms with Gasteiger partial charge in [-0.2, -0.15) is 0 Å². The van der Waals surface area contributed by atoms with E-state index in [-0.39, 0.29) is 0 Å². The molecule has 3 N–H and O–H groups in total. The van der Waals surface area contributed by atoms with Crippen LogP contribution in [-0.2, 0) is 0 Å². The van der Waals surface area contributed by atoms with E-state index in [2.05, 4.69) is 22.3 Å². The molecule has 3 heteroatoms. The summed E-state index contributed by atoms with van der Waals surface area (Å²) in [5, 5.41) is 3.66. The van der Waals surface area contributed by atoms with Gasteiger partial charge in [-0.1, -0.05) is 12.1 Å². The SMILES string of the molecule is Nc1ccc(C2CNC3CCN2CC3)cc1. The van der Waals surface area contributed by atoms with Gasteiger partial charge in [0.2, 0.25) is 0 Å². The molecule has 0 aromatic heterocycles. The lowest BCUT2D eigenvalue weighted by Crippen LogP contribution is -2.35. The van der Waals surface area contributed by atoms with Crippen molar-refractivity contribution in [3.63, 3.8) is 0 Å². The molecule has 3 saturated heterocycles. The Bertz CT molecular complexity index is 352. The first-order chi connectivity index (χ1) is 7.83. The van der Waals surface area contributed by atoms with Gasteiger partial charge in [0.25, 0.3) is 0 Å². The summed E-state index contributed by atoms with van der Waals surface area (Å²) in [6.07, 6.45) is 2.59. The number of hydrogen-bond acceptors (Lipinski definition) is 3. The third kappa shape index (κ3) is 1.81. The lowest BCUT2D eigenvalue weighted by Gasteiger charge is -2.31. The minimum absolute atomic E-state index is 0.535. The van der Waals surface area contributed by atoms with Crippen molar-refractivity contribution in [2.45, 2.75) is 24.9 Å². The largest absolute Gasteiger partial charge is 0.399 e. The van der Waals surface area contributed by atoms with Crippen LogP contribution >= 0.6 is 0 Å². The first-order valence-corrected chi connectivity index (χ1v) is 6.16. The van der Waals surface area contributed by atoms with Crippen molar-refractivity contribution < 1.29 is 0 Å². The average Bonchev–Trinajstić information content (AvgIpc) is 2.64. The summed E-state index contributed by atoms with van der Waals surface area (Å²) < 4.78 is 0. The standard InChI is InChI=1S/C13H19N3/c14-11-3-1-10(2-4-11)13-9-15-12-5-7-16(13)8-6-12/h1-4,12-13,15H,5-9,14H2. The fourth-order valence-electron chi connectivity index (χ4n) is 2.87. The molecule has 3 aliphatic heterocycles. The maximum absolute atomic E-state index is 5.73. The number of nitrogens with one attached hydrogen (secondary N) is 1. The second-order valence-corrected chi connectivity index (χ2v) is 4.90. The van der Waals surface area contributed by atoms with E-state index in [1.807, 2.05) is 12.1 Å². The van der Waals surface area contributed by atoms with Crippen LogP contribution in [0.4, 0.5) is 5.69 Å². The van der Waals surface area contributed by atoms with Crippen molar-refractivity contribution in [1.82, 2.24) is 10.2 Å². The summed E-state index contributed by atoms with van der Waals surface area (Å²) in [5.74, 6) is 0. The number of piperidine rings is 1. The Kier molecular flexibility index (Phi) is 2.58. The Morgan fingerprint density at radius 1 is 1.12 bits per heavy atom. The topological polar surface area (TPSA) is 41.3 Å². The highest BCUT2D eigenvalue weighted by Crippen LogP contribution is 2.28. The van der Waals surface area contributed by atoms with Crippen LogP contribution in [0, 0.1) is 0 Å². The van der Waals surface area contributed by atoms with Crippen molar-refractivity contribution >= 4 is 5.69 Å². The Labute approximate surface area is 96.6 Å². The van der Waals surface area contributed by atoms with E-state index in [1.54, 1.807) is 0 Å². The third-order valence-electron chi connectivity index (χ3n) is 3.89. The summed E-state index contributed by atoms with van der Waals surface area (Å²) in [6.45, 7) is 3.54. The van der Waals surface area contributed by atoms with Crippen molar-refractivity contribution in [3.8, 4) is 0 Å². The molecule has 3 aliphatic rings. The second kappa shape index (κ2) is 4.07. The molecule has 0 amide bonds. The van der Waals surface area contributed by atoms with Crippen molar-refractivity contribution in [3.05, 3.63) is 29.8 Å². The van der Waals surface area contributed by atoms with Gasteiger partial charge in [0.05, 0.1) is 0 Å². The summed E-state index contributed by atoms with van der Waals surface area (Å²) in [5.41, 5.74) is 7.98. The van der Waals surface area contributed by atoms with Crippen LogP contribution in [-0.4, -0.2) is 30.6 Å². The van der Waals surface area contributed by atoms with Crippen LogP contribution in [0.15, 0.2) is 24.3 Å². The van der Waals surface area contributed by atoms with E-state index < -0.39 is 0 Å². The number of rotatable bonds is 1. The van der Waals surface area contributed by atoms with Gasteiger partial charge in [-0.25, -0.2) is 0 Å². The number of nitrogens with zero attached hydrogens (tertiary/aromatic N) is 1. The minimum atomic E-state index is 0.535. The Balaban J connectivity index is 1.85. The van der Waals surface area contributed by atoms with Crippen LogP contribution in [0.3, 0.4) is 0 Å². The molecule has 1 atom stereocenters. The van der Waals surface area contributed by atoms with Crippen LogP contribution in [0.25, 0.3) is 0 Å². The van der Waals surface area contributed by atoms with E-state index in [0.717, 1.165) is 18.3 Å². The molecular formula is C13H19N3. The third-order valence-corrected chi connectivity index (χ3v) is 3.89. The van der Waals surface area contributed by atoms with Gasteiger partial charge in [0, 0.05) is 37.4 Å². The minimum Gasteiger partial charge on any atom is -0.399 e. The summed E-state index contributed by atoms with van der Waals surface area (Å²) in [6, 6.07) is 9.63. The molecule has 1 aromatic rings. The summed E-state index contributed by atoms with van der Waals surface area (Å²) in [4.78, 5) is 2.60.